The monoisotopic (exact) mass is 379 g/mol. The van der Waals surface area contributed by atoms with Crippen molar-refractivity contribution in [2.75, 3.05) is 36.4 Å². The molecule has 146 valence electrons. The molecular weight excluding hydrogens is 354 g/mol. The number of phenolic OH excluding ortho intramolecular Hbond substituents is 1. The summed E-state index contributed by atoms with van der Waals surface area (Å²) in [5, 5.41) is 13.9. The van der Waals surface area contributed by atoms with Gasteiger partial charge in [0.25, 0.3) is 0 Å². The van der Waals surface area contributed by atoms with E-state index in [2.05, 4.69) is 29.0 Å². The molecule has 1 amide bonds. The minimum atomic E-state index is -0.0399. The number of piperazine rings is 1. The summed E-state index contributed by atoms with van der Waals surface area (Å²) in [6.07, 6.45) is 3.57. The van der Waals surface area contributed by atoms with Crippen LogP contribution in [0, 0.1) is 0 Å². The lowest BCUT2D eigenvalue weighted by molar-refractivity contribution is 0.197. The van der Waals surface area contributed by atoms with Gasteiger partial charge in [-0.2, -0.15) is 0 Å². The van der Waals surface area contributed by atoms with E-state index in [-0.39, 0.29) is 11.8 Å². The van der Waals surface area contributed by atoms with Crippen molar-refractivity contribution in [3.8, 4) is 5.75 Å². The summed E-state index contributed by atoms with van der Waals surface area (Å²) in [5.41, 5.74) is 1.83. The van der Waals surface area contributed by atoms with E-state index in [9.17, 15) is 9.90 Å². The molecule has 0 saturated carbocycles. The van der Waals surface area contributed by atoms with Gasteiger partial charge in [-0.05, 0) is 50.2 Å². The fourth-order valence-corrected chi connectivity index (χ4v) is 3.63. The highest BCUT2D eigenvalue weighted by atomic mass is 16.3. The Labute approximate surface area is 164 Å². The maximum absolute atomic E-state index is 13.0. The summed E-state index contributed by atoms with van der Waals surface area (Å²) in [5.74, 6) is 1.14. The largest absolute Gasteiger partial charge is 0.508 e. The van der Waals surface area contributed by atoms with Crippen molar-refractivity contribution in [3.63, 3.8) is 0 Å². The molecule has 2 N–H and O–H groups in total. The van der Waals surface area contributed by atoms with Crippen LogP contribution < -0.4 is 10.2 Å². The molecule has 0 aliphatic carbocycles. The van der Waals surface area contributed by atoms with E-state index in [1.807, 2.05) is 23.1 Å². The molecule has 1 fully saturated rings. The molecule has 0 bridgehead atoms. The Bertz CT molecular complexity index is 989. The smallest absolute Gasteiger partial charge is 0.328 e. The van der Waals surface area contributed by atoms with Gasteiger partial charge in [0.05, 0.1) is 11.2 Å². The number of benzene rings is 1. The lowest BCUT2D eigenvalue weighted by Crippen LogP contribution is -2.50. The molecule has 28 heavy (non-hydrogen) atoms. The molecule has 3 aromatic rings. The fraction of sp³-hybridized carbons (Fsp3) is 0.333. The van der Waals surface area contributed by atoms with E-state index >= 15 is 0 Å². The van der Waals surface area contributed by atoms with E-state index in [0.29, 0.717) is 19.1 Å². The zero-order chi connectivity index (χ0) is 19.7. The van der Waals surface area contributed by atoms with Crippen LogP contribution in [-0.2, 0) is 0 Å². The molecule has 4 rings (SSSR count). The lowest BCUT2D eigenvalue weighted by Gasteiger charge is -2.36. The Balaban J connectivity index is 1.48. The third kappa shape index (κ3) is 3.47. The maximum atomic E-state index is 13.0. The van der Waals surface area contributed by atoms with Crippen LogP contribution in [0.4, 0.5) is 16.3 Å². The molecule has 1 saturated heterocycles. The molecule has 1 aromatic carbocycles. The van der Waals surface area contributed by atoms with Crippen LogP contribution >= 0.6 is 0 Å². The third-order valence-corrected chi connectivity index (χ3v) is 4.96. The molecule has 0 atom stereocenters. The van der Waals surface area contributed by atoms with Crippen LogP contribution in [0.2, 0.25) is 0 Å². The highest BCUT2D eigenvalue weighted by Crippen LogP contribution is 2.25. The van der Waals surface area contributed by atoms with Gasteiger partial charge in [-0.1, -0.05) is 0 Å². The summed E-state index contributed by atoms with van der Waals surface area (Å²) >= 11 is 0. The van der Waals surface area contributed by atoms with Crippen LogP contribution in [0.25, 0.3) is 10.9 Å². The lowest BCUT2D eigenvalue weighted by atomic mass is 10.2. The van der Waals surface area contributed by atoms with Crippen LogP contribution in [0.3, 0.4) is 0 Å². The van der Waals surface area contributed by atoms with E-state index in [1.165, 1.54) is 0 Å². The first-order valence-electron chi connectivity index (χ1n) is 9.59. The zero-order valence-electron chi connectivity index (χ0n) is 16.2. The number of fused-ring (bicyclic) bond motifs is 1. The molecule has 0 spiro atoms. The van der Waals surface area contributed by atoms with Crippen molar-refractivity contribution in [1.82, 2.24) is 14.5 Å². The predicted molar refractivity (Wildman–Crippen MR) is 111 cm³/mol. The topological polar surface area (TPSA) is 73.6 Å². The van der Waals surface area contributed by atoms with Crippen molar-refractivity contribution >= 4 is 28.4 Å². The van der Waals surface area contributed by atoms with Gasteiger partial charge in [0.1, 0.15) is 5.75 Å². The van der Waals surface area contributed by atoms with Gasteiger partial charge < -0.3 is 20.2 Å². The van der Waals surface area contributed by atoms with Crippen molar-refractivity contribution < 1.29 is 9.90 Å². The molecule has 1 aliphatic heterocycles. The number of hydrogen-bond donors (Lipinski definition) is 2. The number of rotatable bonds is 3. The van der Waals surface area contributed by atoms with Gasteiger partial charge >= 0.3 is 6.03 Å². The second kappa shape index (κ2) is 7.42. The Morgan fingerprint density at radius 2 is 1.93 bits per heavy atom. The summed E-state index contributed by atoms with van der Waals surface area (Å²) in [6, 6.07) is 11.2. The normalized spacial score (nSPS) is 14.7. The molecule has 7 heteroatoms. The fourth-order valence-electron chi connectivity index (χ4n) is 3.63. The number of hydrogen-bond acceptors (Lipinski definition) is 5. The Morgan fingerprint density at radius 1 is 1.14 bits per heavy atom. The number of anilines is 2. The molecule has 0 radical (unpaired) electrons. The molecular formula is C21H25N5O2. The Morgan fingerprint density at radius 3 is 2.68 bits per heavy atom. The molecule has 0 unspecified atom stereocenters. The van der Waals surface area contributed by atoms with E-state index in [0.717, 1.165) is 35.5 Å². The minimum Gasteiger partial charge on any atom is -0.508 e. The zero-order valence-corrected chi connectivity index (χ0v) is 16.2. The number of aromatic hydroxyl groups is 1. The van der Waals surface area contributed by atoms with Crippen LogP contribution in [0.5, 0.6) is 5.75 Å². The first-order valence-corrected chi connectivity index (χ1v) is 9.59. The number of pyridine rings is 1. The SMILES string of the molecule is CC(C)Nc1cccnc1N1CCN(C(=O)n2ccc3cc(O)ccc32)CC1. The van der Waals surface area contributed by atoms with Gasteiger partial charge in [0.2, 0.25) is 0 Å². The summed E-state index contributed by atoms with van der Waals surface area (Å²) in [6.45, 7) is 6.94. The van der Waals surface area contributed by atoms with Gasteiger partial charge in [0, 0.05) is 50.0 Å². The van der Waals surface area contributed by atoms with E-state index < -0.39 is 0 Å². The van der Waals surface area contributed by atoms with Crippen molar-refractivity contribution in [1.29, 1.82) is 0 Å². The highest BCUT2D eigenvalue weighted by molar-refractivity contribution is 5.92. The highest BCUT2D eigenvalue weighted by Gasteiger charge is 2.25. The predicted octanol–water partition coefficient (Wildman–Crippen LogP) is 3.35. The Hall–Kier alpha value is -3.22. The van der Waals surface area contributed by atoms with Gasteiger partial charge in [-0.25, -0.2) is 9.78 Å². The standard InChI is InChI=1S/C21H25N5O2/c1-15(2)23-18-4-3-8-22-20(18)24-10-12-25(13-11-24)21(28)26-9-7-16-14-17(27)5-6-19(16)26/h3-9,14-15,23,27H,10-13H2,1-2H3. The molecule has 1 aliphatic rings. The number of carbonyl (C=O) groups excluding carboxylic acids is 1. The quantitative estimate of drug-likeness (QED) is 0.730. The number of phenols is 1. The molecule has 3 heterocycles. The summed E-state index contributed by atoms with van der Waals surface area (Å²) in [4.78, 5) is 21.6. The second-order valence-corrected chi connectivity index (χ2v) is 7.36. The number of nitrogens with zero attached hydrogens (tertiary/aromatic N) is 4. The molecule has 7 nitrogen and oxygen atoms in total. The first-order chi connectivity index (χ1) is 13.5. The minimum absolute atomic E-state index is 0.0399. The first kappa shape index (κ1) is 18.2. The molecule has 2 aromatic heterocycles. The van der Waals surface area contributed by atoms with Crippen LogP contribution in [0.15, 0.2) is 48.8 Å². The Kier molecular flexibility index (Phi) is 4.81. The number of carbonyl (C=O) groups is 1. The van der Waals surface area contributed by atoms with E-state index in [4.69, 9.17) is 0 Å². The number of nitrogens with one attached hydrogen (secondary N) is 1. The van der Waals surface area contributed by atoms with Gasteiger partial charge in [0.15, 0.2) is 5.82 Å². The van der Waals surface area contributed by atoms with Crippen LogP contribution in [-0.4, -0.2) is 57.8 Å². The number of aromatic nitrogens is 2. The van der Waals surface area contributed by atoms with Crippen molar-refractivity contribution in [3.05, 3.63) is 48.8 Å². The average Bonchev–Trinajstić information content (AvgIpc) is 3.10. The van der Waals surface area contributed by atoms with Gasteiger partial charge in [-0.15, -0.1) is 0 Å². The third-order valence-electron chi connectivity index (χ3n) is 4.96. The average molecular weight is 379 g/mol. The van der Waals surface area contributed by atoms with E-state index in [1.54, 1.807) is 35.2 Å². The van der Waals surface area contributed by atoms with Crippen LogP contribution in [0.1, 0.15) is 13.8 Å². The maximum Gasteiger partial charge on any atom is 0.328 e. The number of amides is 1. The summed E-state index contributed by atoms with van der Waals surface area (Å²) in [7, 11) is 0. The van der Waals surface area contributed by atoms with Crippen molar-refractivity contribution in [2.45, 2.75) is 19.9 Å². The van der Waals surface area contributed by atoms with Crippen molar-refractivity contribution in [2.24, 2.45) is 0 Å². The van der Waals surface area contributed by atoms with Gasteiger partial charge in [-0.3, -0.25) is 4.57 Å². The second-order valence-electron chi connectivity index (χ2n) is 7.36. The summed E-state index contributed by atoms with van der Waals surface area (Å²) < 4.78 is 1.65.